The molecule has 0 aliphatic carbocycles. The van der Waals surface area contributed by atoms with Crippen molar-refractivity contribution in [3.63, 3.8) is 0 Å². The summed E-state index contributed by atoms with van der Waals surface area (Å²) in [4.78, 5) is 24.6. The predicted octanol–water partition coefficient (Wildman–Crippen LogP) is 3.76. The summed E-state index contributed by atoms with van der Waals surface area (Å²) in [6.07, 6.45) is 0.791. The highest BCUT2D eigenvalue weighted by molar-refractivity contribution is 5.92. The summed E-state index contributed by atoms with van der Waals surface area (Å²) in [5, 5.41) is 2.95. The quantitative estimate of drug-likeness (QED) is 0.665. The zero-order valence-electron chi connectivity index (χ0n) is 16.7. The Bertz CT molecular complexity index is 789. The van der Waals surface area contributed by atoms with E-state index in [1.807, 2.05) is 30.3 Å². The summed E-state index contributed by atoms with van der Waals surface area (Å²) in [5.41, 5.74) is 1.31. The first-order valence-electron chi connectivity index (χ1n) is 9.18. The zero-order chi connectivity index (χ0) is 20.5. The van der Waals surface area contributed by atoms with Crippen LogP contribution in [0.1, 0.15) is 42.2 Å². The van der Waals surface area contributed by atoms with E-state index in [0.29, 0.717) is 17.4 Å². The topological polar surface area (TPSA) is 73.9 Å². The molecule has 0 unspecified atom stereocenters. The van der Waals surface area contributed by atoms with Gasteiger partial charge in [0.2, 0.25) is 0 Å². The molecule has 0 fully saturated rings. The molecular formula is C22H27NO5. The van der Waals surface area contributed by atoms with Crippen molar-refractivity contribution in [3.8, 4) is 11.5 Å². The minimum Gasteiger partial charge on any atom is -0.493 e. The van der Waals surface area contributed by atoms with E-state index in [1.165, 1.54) is 20.3 Å². The number of carbonyl (C=O) groups is 2. The molecule has 150 valence electrons. The van der Waals surface area contributed by atoms with Gasteiger partial charge in [-0.1, -0.05) is 44.2 Å². The third-order valence-corrected chi connectivity index (χ3v) is 4.20. The Labute approximate surface area is 165 Å². The minimum atomic E-state index is -0.601. The lowest BCUT2D eigenvalue weighted by Crippen LogP contribution is -2.33. The van der Waals surface area contributed by atoms with Crippen LogP contribution in [-0.4, -0.2) is 32.7 Å². The zero-order valence-corrected chi connectivity index (χ0v) is 16.7. The predicted molar refractivity (Wildman–Crippen MR) is 107 cm³/mol. The van der Waals surface area contributed by atoms with E-state index in [4.69, 9.17) is 14.2 Å². The second-order valence-corrected chi connectivity index (χ2v) is 6.81. The first kappa shape index (κ1) is 21.3. The Balaban J connectivity index is 1.97. The summed E-state index contributed by atoms with van der Waals surface area (Å²) in [7, 11) is 3.00. The highest BCUT2D eigenvalue weighted by Gasteiger charge is 2.18. The number of nitrogens with one attached hydrogen (secondary N) is 1. The molecule has 0 saturated heterocycles. The van der Waals surface area contributed by atoms with Crippen LogP contribution < -0.4 is 14.8 Å². The highest BCUT2D eigenvalue weighted by atomic mass is 16.5. The Morgan fingerprint density at radius 1 is 0.964 bits per heavy atom. The number of hydrogen-bond donors (Lipinski definition) is 1. The first-order chi connectivity index (χ1) is 13.4. The van der Waals surface area contributed by atoms with Crippen molar-refractivity contribution in [1.82, 2.24) is 5.32 Å². The summed E-state index contributed by atoms with van der Waals surface area (Å²) >= 11 is 0. The van der Waals surface area contributed by atoms with Crippen molar-refractivity contribution in [2.75, 3.05) is 20.8 Å². The van der Waals surface area contributed by atoms with Gasteiger partial charge in [0.25, 0.3) is 5.91 Å². The Hall–Kier alpha value is -3.02. The second-order valence-electron chi connectivity index (χ2n) is 6.81. The number of ether oxygens (including phenoxy) is 3. The van der Waals surface area contributed by atoms with Gasteiger partial charge in [0.15, 0.2) is 18.1 Å². The van der Waals surface area contributed by atoms with Gasteiger partial charge in [-0.3, -0.25) is 4.79 Å². The van der Waals surface area contributed by atoms with E-state index in [1.54, 1.807) is 12.1 Å². The van der Waals surface area contributed by atoms with E-state index in [-0.39, 0.29) is 24.1 Å². The van der Waals surface area contributed by atoms with Crippen LogP contribution in [0.5, 0.6) is 11.5 Å². The summed E-state index contributed by atoms with van der Waals surface area (Å²) in [5.74, 6) is 0.387. The van der Waals surface area contributed by atoms with Crippen LogP contribution in [0.2, 0.25) is 0 Å². The maximum absolute atomic E-state index is 12.3. The highest BCUT2D eigenvalue weighted by Crippen LogP contribution is 2.27. The summed E-state index contributed by atoms with van der Waals surface area (Å²) in [6.45, 7) is 3.84. The fraction of sp³-hybridized carbons (Fsp3) is 0.364. The molecule has 0 bridgehead atoms. The Kier molecular flexibility index (Phi) is 7.87. The van der Waals surface area contributed by atoms with Gasteiger partial charge < -0.3 is 19.5 Å². The van der Waals surface area contributed by atoms with E-state index in [2.05, 4.69) is 19.2 Å². The number of hydrogen-bond acceptors (Lipinski definition) is 5. The van der Waals surface area contributed by atoms with Crippen molar-refractivity contribution in [1.29, 1.82) is 0 Å². The smallest absolute Gasteiger partial charge is 0.338 e. The molecule has 6 heteroatoms. The molecule has 1 amide bonds. The number of esters is 1. The molecule has 2 rings (SSSR count). The lowest BCUT2D eigenvalue weighted by Gasteiger charge is -2.21. The van der Waals surface area contributed by atoms with E-state index in [0.717, 1.165) is 12.0 Å². The number of benzene rings is 2. The summed E-state index contributed by atoms with van der Waals surface area (Å²) < 4.78 is 15.5. The number of carbonyl (C=O) groups excluding carboxylic acids is 2. The van der Waals surface area contributed by atoms with Gasteiger partial charge in [0.05, 0.1) is 25.8 Å². The van der Waals surface area contributed by atoms with Gasteiger partial charge in [-0.2, -0.15) is 0 Å². The molecule has 2 aromatic carbocycles. The molecule has 1 N–H and O–H groups in total. The van der Waals surface area contributed by atoms with E-state index < -0.39 is 5.97 Å². The van der Waals surface area contributed by atoms with E-state index >= 15 is 0 Å². The van der Waals surface area contributed by atoms with Crippen molar-refractivity contribution in [2.45, 2.75) is 26.3 Å². The fourth-order valence-corrected chi connectivity index (χ4v) is 2.85. The second kappa shape index (κ2) is 10.3. The molecule has 0 spiro atoms. The van der Waals surface area contributed by atoms with Gasteiger partial charge in [0.1, 0.15) is 0 Å². The van der Waals surface area contributed by atoms with Crippen LogP contribution in [0.15, 0.2) is 48.5 Å². The van der Waals surface area contributed by atoms with Crippen LogP contribution in [0.25, 0.3) is 0 Å². The van der Waals surface area contributed by atoms with Crippen LogP contribution in [-0.2, 0) is 9.53 Å². The van der Waals surface area contributed by atoms with Gasteiger partial charge in [-0.05, 0) is 36.1 Å². The molecule has 0 aliphatic rings. The molecule has 0 aromatic heterocycles. The maximum atomic E-state index is 12.3. The lowest BCUT2D eigenvalue weighted by molar-refractivity contribution is -0.125. The van der Waals surface area contributed by atoms with Gasteiger partial charge in [-0.15, -0.1) is 0 Å². The van der Waals surface area contributed by atoms with Gasteiger partial charge in [-0.25, -0.2) is 4.79 Å². The largest absolute Gasteiger partial charge is 0.493 e. The van der Waals surface area contributed by atoms with Crippen LogP contribution in [0, 0.1) is 5.92 Å². The molecule has 0 heterocycles. The number of rotatable bonds is 9. The van der Waals surface area contributed by atoms with Crippen molar-refractivity contribution >= 4 is 11.9 Å². The van der Waals surface area contributed by atoms with Crippen LogP contribution >= 0.6 is 0 Å². The van der Waals surface area contributed by atoms with Crippen molar-refractivity contribution in [2.24, 2.45) is 5.92 Å². The molecule has 28 heavy (non-hydrogen) atoms. The van der Waals surface area contributed by atoms with Gasteiger partial charge >= 0.3 is 5.97 Å². The van der Waals surface area contributed by atoms with Crippen molar-refractivity contribution in [3.05, 3.63) is 59.7 Å². The molecule has 1 atom stereocenters. The van der Waals surface area contributed by atoms with Crippen molar-refractivity contribution < 1.29 is 23.8 Å². The standard InChI is InChI=1S/C22H27NO5/c1-15(2)12-18(16-8-6-5-7-9-16)23-21(24)14-28-22(25)17-10-11-19(26-3)20(13-17)27-4/h5-11,13,15,18H,12,14H2,1-4H3,(H,23,24)/t18-/m1/s1. The Morgan fingerprint density at radius 2 is 1.64 bits per heavy atom. The fourth-order valence-electron chi connectivity index (χ4n) is 2.85. The SMILES string of the molecule is COc1ccc(C(=O)OCC(=O)N[C@H](CC(C)C)c2ccccc2)cc1OC. The third kappa shape index (κ3) is 6.01. The molecular weight excluding hydrogens is 358 g/mol. The molecule has 0 radical (unpaired) electrons. The third-order valence-electron chi connectivity index (χ3n) is 4.20. The Morgan fingerprint density at radius 3 is 2.25 bits per heavy atom. The molecule has 0 saturated carbocycles. The van der Waals surface area contributed by atoms with Gasteiger partial charge in [0, 0.05) is 0 Å². The average molecular weight is 385 g/mol. The number of methoxy groups -OCH3 is 2. The lowest BCUT2D eigenvalue weighted by atomic mass is 9.97. The van der Waals surface area contributed by atoms with Crippen LogP contribution in [0.4, 0.5) is 0 Å². The maximum Gasteiger partial charge on any atom is 0.338 e. The first-order valence-corrected chi connectivity index (χ1v) is 9.18. The number of amides is 1. The molecule has 2 aromatic rings. The summed E-state index contributed by atoms with van der Waals surface area (Å²) in [6, 6.07) is 14.3. The monoisotopic (exact) mass is 385 g/mol. The minimum absolute atomic E-state index is 0.131. The van der Waals surface area contributed by atoms with Crippen LogP contribution in [0.3, 0.4) is 0 Å². The normalized spacial score (nSPS) is 11.6. The average Bonchev–Trinajstić information content (AvgIpc) is 2.71. The molecule has 6 nitrogen and oxygen atoms in total. The molecule has 0 aliphatic heterocycles. The van der Waals surface area contributed by atoms with E-state index in [9.17, 15) is 9.59 Å².